The zero-order valence-corrected chi connectivity index (χ0v) is 16.3. The van der Waals surface area contributed by atoms with Gasteiger partial charge >= 0.3 is 0 Å². The lowest BCUT2D eigenvalue weighted by atomic mass is 10.3. The van der Waals surface area contributed by atoms with E-state index in [4.69, 9.17) is 4.74 Å². The van der Waals surface area contributed by atoms with Crippen molar-refractivity contribution in [3.63, 3.8) is 0 Å². The normalized spacial score (nSPS) is 12.3. The summed E-state index contributed by atoms with van der Waals surface area (Å²) in [6.07, 6.45) is 1.05. The Hall–Kier alpha value is -1.02. The van der Waals surface area contributed by atoms with Crippen LogP contribution in [0.15, 0.2) is 35.3 Å². The summed E-state index contributed by atoms with van der Waals surface area (Å²) in [5.41, 5.74) is 1.24. The Bertz CT molecular complexity index is 414. The summed E-state index contributed by atoms with van der Waals surface area (Å²) in [6, 6.07) is 10.7. The highest BCUT2D eigenvalue weighted by Gasteiger charge is 2.04. The molecule has 0 bridgehead atoms. The molecule has 0 saturated heterocycles. The molecule has 1 atom stereocenters. The number of benzene rings is 1. The number of nitrogens with one attached hydrogen (secondary N) is 2. The van der Waals surface area contributed by atoms with Gasteiger partial charge in [-0.25, -0.2) is 0 Å². The van der Waals surface area contributed by atoms with Crippen LogP contribution in [0.3, 0.4) is 0 Å². The third-order valence-electron chi connectivity index (χ3n) is 3.18. The molecular weight excluding hydrogens is 391 g/mol. The van der Waals surface area contributed by atoms with E-state index in [1.54, 1.807) is 14.2 Å². The number of aliphatic imine (C=N–C) groups is 1. The fourth-order valence-corrected chi connectivity index (χ4v) is 2.05. The topological polar surface area (TPSA) is 48.9 Å². The zero-order chi connectivity index (χ0) is 15.5. The number of halogens is 1. The molecule has 0 amide bonds. The maximum Gasteiger partial charge on any atom is 0.191 e. The Kier molecular flexibility index (Phi) is 11.9. The number of hydrogen-bond acceptors (Lipinski definition) is 3. The minimum Gasteiger partial charge on any atom is -0.383 e. The summed E-state index contributed by atoms with van der Waals surface area (Å²) in [4.78, 5) is 6.47. The van der Waals surface area contributed by atoms with Crippen LogP contribution < -0.4 is 15.5 Å². The Balaban J connectivity index is 0.00000441. The lowest BCUT2D eigenvalue weighted by Crippen LogP contribution is -2.44. The first-order valence-electron chi connectivity index (χ1n) is 7.39. The van der Waals surface area contributed by atoms with Crippen LogP contribution in [-0.4, -0.2) is 52.9 Å². The molecule has 0 saturated carbocycles. The molecule has 0 aliphatic carbocycles. The first-order valence-corrected chi connectivity index (χ1v) is 7.39. The summed E-state index contributed by atoms with van der Waals surface area (Å²) in [5.74, 6) is 0.821. The van der Waals surface area contributed by atoms with Crippen molar-refractivity contribution in [1.29, 1.82) is 0 Å². The maximum absolute atomic E-state index is 5.10. The van der Waals surface area contributed by atoms with Crippen molar-refractivity contribution in [3.05, 3.63) is 30.3 Å². The van der Waals surface area contributed by atoms with Crippen LogP contribution in [0.25, 0.3) is 0 Å². The molecule has 126 valence electrons. The molecule has 1 aromatic rings. The van der Waals surface area contributed by atoms with Crippen molar-refractivity contribution >= 4 is 35.6 Å². The third-order valence-corrected chi connectivity index (χ3v) is 3.18. The molecule has 6 heteroatoms. The quantitative estimate of drug-likeness (QED) is 0.294. The molecular formula is C16H29IN4O. The molecule has 2 N–H and O–H groups in total. The standard InChI is InChI=1S/C16H28N4O.HI/c1-14(13-21-4)19-16(17-2)18-11-8-12-20(3)15-9-6-5-7-10-15;/h5-7,9-10,14H,8,11-13H2,1-4H3,(H2,17,18,19);1H. The molecule has 0 heterocycles. The van der Waals surface area contributed by atoms with Gasteiger partial charge in [0.15, 0.2) is 5.96 Å². The van der Waals surface area contributed by atoms with E-state index in [0.717, 1.165) is 25.5 Å². The number of guanidine groups is 1. The number of methoxy groups -OCH3 is 1. The van der Waals surface area contributed by atoms with Gasteiger partial charge in [-0.05, 0) is 25.5 Å². The van der Waals surface area contributed by atoms with E-state index >= 15 is 0 Å². The Labute approximate surface area is 151 Å². The van der Waals surface area contributed by atoms with Crippen molar-refractivity contribution in [2.75, 3.05) is 45.8 Å². The molecule has 0 spiro atoms. The molecule has 0 aliphatic rings. The smallest absolute Gasteiger partial charge is 0.191 e. The second-order valence-electron chi connectivity index (χ2n) is 5.11. The van der Waals surface area contributed by atoms with E-state index in [1.807, 2.05) is 6.07 Å². The highest BCUT2D eigenvalue weighted by atomic mass is 127. The van der Waals surface area contributed by atoms with Gasteiger partial charge < -0.3 is 20.3 Å². The second-order valence-corrected chi connectivity index (χ2v) is 5.11. The summed E-state index contributed by atoms with van der Waals surface area (Å²) >= 11 is 0. The predicted octanol–water partition coefficient (Wildman–Crippen LogP) is 2.33. The minimum absolute atomic E-state index is 0. The van der Waals surface area contributed by atoms with Crippen LogP contribution in [0, 0.1) is 0 Å². The largest absolute Gasteiger partial charge is 0.383 e. The summed E-state index contributed by atoms with van der Waals surface area (Å²) in [6.45, 7) is 4.62. The van der Waals surface area contributed by atoms with Crippen LogP contribution >= 0.6 is 24.0 Å². The molecule has 5 nitrogen and oxygen atoms in total. The molecule has 22 heavy (non-hydrogen) atoms. The minimum atomic E-state index is 0. The summed E-state index contributed by atoms with van der Waals surface area (Å²) < 4.78 is 5.10. The average Bonchev–Trinajstić information content (AvgIpc) is 2.51. The number of para-hydroxylation sites is 1. The van der Waals surface area contributed by atoms with Gasteiger partial charge in [0.2, 0.25) is 0 Å². The van der Waals surface area contributed by atoms with E-state index < -0.39 is 0 Å². The summed E-state index contributed by atoms with van der Waals surface area (Å²) in [5, 5.41) is 6.61. The Morgan fingerprint density at radius 3 is 2.59 bits per heavy atom. The molecule has 1 unspecified atom stereocenters. The SMILES string of the molecule is CN=C(NCCCN(C)c1ccccc1)NC(C)COC.I. The second kappa shape index (κ2) is 12.5. The number of anilines is 1. The van der Waals surface area contributed by atoms with E-state index in [9.17, 15) is 0 Å². The lowest BCUT2D eigenvalue weighted by Gasteiger charge is -2.20. The fourth-order valence-electron chi connectivity index (χ4n) is 2.05. The van der Waals surface area contributed by atoms with E-state index in [0.29, 0.717) is 6.61 Å². The van der Waals surface area contributed by atoms with Gasteiger partial charge in [0, 0.05) is 46.0 Å². The van der Waals surface area contributed by atoms with E-state index in [1.165, 1.54) is 5.69 Å². The lowest BCUT2D eigenvalue weighted by molar-refractivity contribution is 0.179. The first kappa shape index (κ1) is 21.0. The number of ether oxygens (including phenoxy) is 1. The molecule has 1 aromatic carbocycles. The van der Waals surface area contributed by atoms with Crippen molar-refractivity contribution < 1.29 is 4.74 Å². The average molecular weight is 420 g/mol. The van der Waals surface area contributed by atoms with Crippen LogP contribution in [0.1, 0.15) is 13.3 Å². The molecule has 0 aromatic heterocycles. The number of rotatable bonds is 8. The number of hydrogen-bond donors (Lipinski definition) is 2. The Morgan fingerprint density at radius 2 is 2.00 bits per heavy atom. The van der Waals surface area contributed by atoms with Crippen LogP contribution in [0.2, 0.25) is 0 Å². The monoisotopic (exact) mass is 420 g/mol. The van der Waals surface area contributed by atoms with Crippen LogP contribution in [0.5, 0.6) is 0 Å². The van der Waals surface area contributed by atoms with Crippen molar-refractivity contribution in [2.24, 2.45) is 4.99 Å². The van der Waals surface area contributed by atoms with Gasteiger partial charge in [-0.1, -0.05) is 18.2 Å². The predicted molar refractivity (Wildman–Crippen MR) is 106 cm³/mol. The van der Waals surface area contributed by atoms with Gasteiger partial charge in [0.05, 0.1) is 6.61 Å². The van der Waals surface area contributed by atoms with Crippen LogP contribution in [-0.2, 0) is 4.74 Å². The molecule has 1 rings (SSSR count). The number of nitrogens with zero attached hydrogens (tertiary/aromatic N) is 2. The van der Waals surface area contributed by atoms with E-state index in [2.05, 4.69) is 58.8 Å². The van der Waals surface area contributed by atoms with Gasteiger partial charge in [-0.3, -0.25) is 4.99 Å². The highest BCUT2D eigenvalue weighted by molar-refractivity contribution is 14.0. The molecule has 0 radical (unpaired) electrons. The summed E-state index contributed by atoms with van der Waals surface area (Å²) in [7, 11) is 5.60. The van der Waals surface area contributed by atoms with Crippen molar-refractivity contribution in [1.82, 2.24) is 10.6 Å². The first-order chi connectivity index (χ1) is 10.2. The third kappa shape index (κ3) is 8.43. The van der Waals surface area contributed by atoms with Gasteiger partial charge in [-0.2, -0.15) is 0 Å². The van der Waals surface area contributed by atoms with Gasteiger partial charge in [0.25, 0.3) is 0 Å². The maximum atomic E-state index is 5.10. The van der Waals surface area contributed by atoms with Crippen molar-refractivity contribution in [2.45, 2.75) is 19.4 Å². The van der Waals surface area contributed by atoms with Gasteiger partial charge in [-0.15, -0.1) is 24.0 Å². The van der Waals surface area contributed by atoms with E-state index in [-0.39, 0.29) is 30.0 Å². The Morgan fingerprint density at radius 1 is 1.32 bits per heavy atom. The molecule has 0 fully saturated rings. The van der Waals surface area contributed by atoms with Crippen molar-refractivity contribution in [3.8, 4) is 0 Å². The fraction of sp³-hybridized carbons (Fsp3) is 0.562. The molecule has 0 aliphatic heterocycles. The zero-order valence-electron chi connectivity index (χ0n) is 14.0. The van der Waals surface area contributed by atoms with Crippen LogP contribution in [0.4, 0.5) is 5.69 Å². The van der Waals surface area contributed by atoms with Gasteiger partial charge in [0.1, 0.15) is 0 Å². The highest BCUT2D eigenvalue weighted by Crippen LogP contribution is 2.10.